The molecular formula is C12H11NO3S. The summed E-state index contributed by atoms with van der Waals surface area (Å²) in [6, 6.07) is 7.34. The number of rotatable bonds is 4. The van der Waals surface area contributed by atoms with Gasteiger partial charge in [0.25, 0.3) is 0 Å². The molecule has 5 heteroatoms. The van der Waals surface area contributed by atoms with Crippen LogP contribution in [0.4, 0.5) is 0 Å². The highest BCUT2D eigenvalue weighted by molar-refractivity contribution is 7.14. The van der Waals surface area contributed by atoms with E-state index in [4.69, 9.17) is 9.84 Å². The predicted molar refractivity (Wildman–Crippen MR) is 65.3 cm³/mol. The Labute approximate surface area is 103 Å². The van der Waals surface area contributed by atoms with E-state index in [2.05, 4.69) is 4.98 Å². The minimum Gasteiger partial charge on any atom is -0.479 e. The molecule has 1 unspecified atom stereocenters. The average molecular weight is 249 g/mol. The van der Waals surface area contributed by atoms with Crippen LogP contribution in [0.15, 0.2) is 35.8 Å². The van der Waals surface area contributed by atoms with Gasteiger partial charge >= 0.3 is 5.97 Å². The van der Waals surface area contributed by atoms with Gasteiger partial charge in [-0.15, -0.1) is 11.3 Å². The summed E-state index contributed by atoms with van der Waals surface area (Å²) in [5.41, 5.74) is 0.787. The SMILES string of the molecule is CC(Oc1ccsc1-c1ccccn1)C(=O)O. The van der Waals surface area contributed by atoms with Crippen molar-refractivity contribution >= 4 is 17.3 Å². The summed E-state index contributed by atoms with van der Waals surface area (Å²) in [4.78, 5) is 15.8. The van der Waals surface area contributed by atoms with Gasteiger partial charge in [-0.25, -0.2) is 4.79 Å². The predicted octanol–water partition coefficient (Wildman–Crippen LogP) is 2.66. The van der Waals surface area contributed by atoms with Crippen LogP contribution in [0.5, 0.6) is 5.75 Å². The first-order chi connectivity index (χ1) is 8.18. The summed E-state index contributed by atoms with van der Waals surface area (Å²) in [6.07, 6.45) is 0.825. The van der Waals surface area contributed by atoms with Crippen molar-refractivity contribution in [3.05, 3.63) is 35.8 Å². The fourth-order valence-corrected chi connectivity index (χ4v) is 2.12. The lowest BCUT2D eigenvalue weighted by atomic mass is 10.3. The zero-order valence-electron chi connectivity index (χ0n) is 9.16. The van der Waals surface area contributed by atoms with E-state index in [1.807, 2.05) is 23.6 Å². The number of hydrogen-bond donors (Lipinski definition) is 1. The van der Waals surface area contributed by atoms with Crippen LogP contribution in [0.2, 0.25) is 0 Å². The Balaban J connectivity index is 2.26. The van der Waals surface area contributed by atoms with Crippen LogP contribution < -0.4 is 4.74 Å². The Hall–Kier alpha value is -1.88. The molecule has 17 heavy (non-hydrogen) atoms. The van der Waals surface area contributed by atoms with E-state index < -0.39 is 12.1 Å². The molecule has 2 aromatic rings. The van der Waals surface area contributed by atoms with Crippen LogP contribution in [0.25, 0.3) is 10.6 Å². The van der Waals surface area contributed by atoms with Gasteiger partial charge in [0.15, 0.2) is 6.10 Å². The van der Waals surface area contributed by atoms with Gasteiger partial charge < -0.3 is 9.84 Å². The Kier molecular flexibility index (Phi) is 3.39. The van der Waals surface area contributed by atoms with Crippen molar-refractivity contribution in [1.82, 2.24) is 4.98 Å². The molecule has 1 N–H and O–H groups in total. The highest BCUT2D eigenvalue weighted by Crippen LogP contribution is 2.34. The minimum absolute atomic E-state index is 0.559. The summed E-state index contributed by atoms with van der Waals surface area (Å²) in [6.45, 7) is 1.50. The number of aromatic nitrogens is 1. The van der Waals surface area contributed by atoms with Crippen LogP contribution in [0.1, 0.15) is 6.92 Å². The first kappa shape index (κ1) is 11.6. The molecule has 0 radical (unpaired) electrons. The lowest BCUT2D eigenvalue weighted by Gasteiger charge is -2.10. The van der Waals surface area contributed by atoms with Crippen molar-refractivity contribution in [1.29, 1.82) is 0 Å². The molecule has 0 saturated heterocycles. The molecule has 0 aromatic carbocycles. The third-order valence-corrected chi connectivity index (χ3v) is 3.10. The second kappa shape index (κ2) is 4.97. The molecule has 1 atom stereocenters. The summed E-state index contributed by atoms with van der Waals surface area (Å²) < 4.78 is 5.37. The Morgan fingerprint density at radius 1 is 1.47 bits per heavy atom. The Morgan fingerprint density at radius 2 is 2.29 bits per heavy atom. The van der Waals surface area contributed by atoms with E-state index in [9.17, 15) is 4.79 Å². The van der Waals surface area contributed by atoms with E-state index in [0.717, 1.165) is 10.6 Å². The number of carbonyl (C=O) groups is 1. The number of nitrogens with zero attached hydrogens (tertiary/aromatic N) is 1. The van der Waals surface area contributed by atoms with Crippen LogP contribution in [0, 0.1) is 0 Å². The highest BCUT2D eigenvalue weighted by atomic mass is 32.1. The zero-order valence-corrected chi connectivity index (χ0v) is 9.98. The molecule has 88 valence electrons. The first-order valence-corrected chi connectivity index (χ1v) is 5.95. The van der Waals surface area contributed by atoms with E-state index in [-0.39, 0.29) is 0 Å². The lowest BCUT2D eigenvalue weighted by Crippen LogP contribution is -2.22. The monoisotopic (exact) mass is 249 g/mol. The van der Waals surface area contributed by atoms with E-state index in [1.54, 1.807) is 12.3 Å². The second-order valence-electron chi connectivity index (χ2n) is 3.43. The van der Waals surface area contributed by atoms with Crippen molar-refractivity contribution < 1.29 is 14.6 Å². The van der Waals surface area contributed by atoms with E-state index in [1.165, 1.54) is 18.3 Å². The lowest BCUT2D eigenvalue weighted by molar-refractivity contribution is -0.144. The standard InChI is InChI=1S/C12H11NO3S/c1-8(12(14)15)16-10-5-7-17-11(10)9-4-2-3-6-13-9/h2-8H,1H3,(H,14,15). The van der Waals surface area contributed by atoms with Crippen molar-refractivity contribution in [3.8, 4) is 16.3 Å². The van der Waals surface area contributed by atoms with Crippen molar-refractivity contribution in [2.24, 2.45) is 0 Å². The first-order valence-electron chi connectivity index (χ1n) is 5.07. The Morgan fingerprint density at radius 3 is 2.94 bits per heavy atom. The maximum absolute atomic E-state index is 10.7. The molecule has 0 fully saturated rings. The molecule has 2 aromatic heterocycles. The summed E-state index contributed by atoms with van der Waals surface area (Å²) >= 11 is 1.48. The highest BCUT2D eigenvalue weighted by Gasteiger charge is 2.16. The smallest absolute Gasteiger partial charge is 0.344 e. The van der Waals surface area contributed by atoms with Gasteiger partial charge in [-0.2, -0.15) is 0 Å². The van der Waals surface area contributed by atoms with Crippen molar-refractivity contribution in [2.75, 3.05) is 0 Å². The molecule has 0 spiro atoms. The van der Waals surface area contributed by atoms with Crippen LogP contribution in [0.3, 0.4) is 0 Å². The second-order valence-corrected chi connectivity index (χ2v) is 4.34. The number of thiophene rings is 1. The molecule has 2 rings (SSSR count). The van der Waals surface area contributed by atoms with Gasteiger partial charge in [0, 0.05) is 6.20 Å². The zero-order chi connectivity index (χ0) is 12.3. The molecule has 0 aliphatic rings. The third kappa shape index (κ3) is 2.62. The number of ether oxygens (including phenoxy) is 1. The number of aliphatic carboxylic acids is 1. The molecule has 0 aliphatic heterocycles. The van der Waals surface area contributed by atoms with Gasteiger partial charge in [0.05, 0.1) is 10.6 Å². The van der Waals surface area contributed by atoms with Gasteiger partial charge in [0.1, 0.15) is 5.75 Å². The van der Waals surface area contributed by atoms with Crippen LogP contribution in [-0.2, 0) is 4.79 Å². The summed E-state index contributed by atoms with van der Waals surface area (Å²) in [5, 5.41) is 10.7. The van der Waals surface area contributed by atoms with Gasteiger partial charge in [-0.05, 0) is 30.5 Å². The van der Waals surface area contributed by atoms with Crippen molar-refractivity contribution in [2.45, 2.75) is 13.0 Å². The number of pyridine rings is 1. The normalized spacial score (nSPS) is 12.1. The summed E-state index contributed by atoms with van der Waals surface area (Å²) in [5.74, 6) is -0.424. The third-order valence-electron chi connectivity index (χ3n) is 2.18. The largest absolute Gasteiger partial charge is 0.479 e. The number of carboxylic acid groups (broad SMARTS) is 1. The molecule has 0 amide bonds. The topological polar surface area (TPSA) is 59.4 Å². The summed E-state index contributed by atoms with van der Waals surface area (Å²) in [7, 11) is 0. The van der Waals surface area contributed by atoms with Crippen LogP contribution in [-0.4, -0.2) is 22.2 Å². The minimum atomic E-state index is -0.983. The van der Waals surface area contributed by atoms with Gasteiger partial charge in [0.2, 0.25) is 0 Å². The molecule has 4 nitrogen and oxygen atoms in total. The average Bonchev–Trinajstić information content (AvgIpc) is 2.78. The molecular weight excluding hydrogens is 238 g/mol. The van der Waals surface area contributed by atoms with E-state index in [0.29, 0.717) is 5.75 Å². The fourth-order valence-electron chi connectivity index (χ4n) is 1.31. The quantitative estimate of drug-likeness (QED) is 0.905. The number of hydrogen-bond acceptors (Lipinski definition) is 4. The molecule has 0 saturated carbocycles. The van der Waals surface area contributed by atoms with E-state index >= 15 is 0 Å². The molecule has 0 bridgehead atoms. The fraction of sp³-hybridized carbons (Fsp3) is 0.167. The maximum atomic E-state index is 10.7. The Bertz CT molecular complexity index is 509. The van der Waals surface area contributed by atoms with Crippen molar-refractivity contribution in [3.63, 3.8) is 0 Å². The maximum Gasteiger partial charge on any atom is 0.344 e. The van der Waals surface area contributed by atoms with Gasteiger partial charge in [-0.3, -0.25) is 4.98 Å². The van der Waals surface area contributed by atoms with Gasteiger partial charge in [-0.1, -0.05) is 6.07 Å². The molecule has 0 aliphatic carbocycles. The van der Waals surface area contributed by atoms with Crippen LogP contribution >= 0.6 is 11.3 Å². The number of carboxylic acids is 1. The molecule has 2 heterocycles.